The third-order valence-electron chi connectivity index (χ3n) is 3.73. The Morgan fingerprint density at radius 3 is 3.00 bits per heavy atom. The van der Waals surface area contributed by atoms with Gasteiger partial charge in [-0.05, 0) is 49.4 Å². The van der Waals surface area contributed by atoms with Gasteiger partial charge in [0.1, 0.15) is 0 Å². The Hall–Kier alpha value is -1.59. The first-order valence-electron chi connectivity index (χ1n) is 6.63. The fourth-order valence-corrected chi connectivity index (χ4v) is 2.60. The molecule has 4 N–H and O–H groups in total. The first kappa shape index (κ1) is 13.8. The number of nitrogen functional groups attached to an aromatic ring is 1. The van der Waals surface area contributed by atoms with E-state index in [0.717, 1.165) is 42.7 Å². The van der Waals surface area contributed by atoms with Gasteiger partial charge >= 0.3 is 0 Å². The normalized spacial score (nSPS) is 18.7. The molecule has 0 bridgehead atoms. The summed E-state index contributed by atoms with van der Waals surface area (Å²) < 4.78 is 0. The van der Waals surface area contributed by atoms with Gasteiger partial charge in [0.05, 0.1) is 0 Å². The van der Waals surface area contributed by atoms with Crippen molar-refractivity contribution in [3.63, 3.8) is 0 Å². The zero-order valence-electron chi connectivity index (χ0n) is 11.2. The zero-order valence-corrected chi connectivity index (χ0v) is 11.2. The van der Waals surface area contributed by atoms with E-state index in [4.69, 9.17) is 10.9 Å². The highest BCUT2D eigenvalue weighted by atomic mass is 16.3. The second-order valence-corrected chi connectivity index (χ2v) is 5.09. The molecule has 0 radical (unpaired) electrons. The molecule has 1 heterocycles. The number of aliphatic hydroxyl groups is 1. The molecule has 0 saturated carbocycles. The minimum absolute atomic E-state index is 0.0708. The number of aliphatic hydroxyl groups excluding tert-OH is 1. The number of nitrogens with two attached hydrogens (primary N) is 1. The predicted octanol–water partition coefficient (Wildman–Crippen LogP) is 1.13. The number of anilines is 1. The van der Waals surface area contributed by atoms with Crippen LogP contribution < -0.4 is 11.3 Å². The van der Waals surface area contributed by atoms with E-state index in [0.29, 0.717) is 5.92 Å². The number of nitrogens with one attached hydrogen (secondary N) is 1. The van der Waals surface area contributed by atoms with Crippen molar-refractivity contribution in [3.8, 4) is 0 Å². The Morgan fingerprint density at radius 2 is 2.37 bits per heavy atom. The number of aryl methyl sites for hydroxylation is 1. The molecule has 1 amide bonds. The molecule has 5 heteroatoms. The molecular weight excluding hydrogens is 242 g/mol. The van der Waals surface area contributed by atoms with Gasteiger partial charge in [-0.3, -0.25) is 10.6 Å². The number of hydrazine groups is 1. The number of nitrogens with zero attached hydrogens (tertiary/aromatic N) is 1. The minimum atomic E-state index is 0.0708. The van der Waals surface area contributed by atoms with Crippen LogP contribution in [0.1, 0.15) is 28.8 Å². The van der Waals surface area contributed by atoms with Crippen molar-refractivity contribution in [1.29, 1.82) is 0 Å². The molecule has 19 heavy (non-hydrogen) atoms. The van der Waals surface area contributed by atoms with Gasteiger partial charge in [0, 0.05) is 30.9 Å². The molecule has 1 fully saturated rings. The molecule has 1 saturated heterocycles. The number of carbonyl (C=O) groups is 1. The fraction of sp³-hybridized carbons (Fsp3) is 0.500. The lowest BCUT2D eigenvalue weighted by Gasteiger charge is -2.18. The molecule has 1 aromatic rings. The van der Waals surface area contributed by atoms with Crippen molar-refractivity contribution in [2.45, 2.75) is 19.8 Å². The summed E-state index contributed by atoms with van der Waals surface area (Å²) in [5, 5.41) is 8.95. The number of carbonyl (C=O) groups excluding carboxylic acids is 1. The van der Waals surface area contributed by atoms with Crippen molar-refractivity contribution >= 4 is 11.6 Å². The Kier molecular flexibility index (Phi) is 4.39. The summed E-state index contributed by atoms with van der Waals surface area (Å²) in [6.45, 7) is 3.63. The van der Waals surface area contributed by atoms with Gasteiger partial charge < -0.3 is 15.4 Å². The SMILES string of the molecule is Cc1cc(NN)ccc1C(=O)N1CCC(CCO)C1. The summed E-state index contributed by atoms with van der Waals surface area (Å²) in [6, 6.07) is 5.49. The smallest absolute Gasteiger partial charge is 0.254 e. The average Bonchev–Trinajstić information content (AvgIpc) is 2.87. The molecule has 1 aliphatic heterocycles. The van der Waals surface area contributed by atoms with Crippen LogP contribution in [0.2, 0.25) is 0 Å². The predicted molar refractivity (Wildman–Crippen MR) is 74.7 cm³/mol. The molecule has 104 valence electrons. The number of hydrogen-bond acceptors (Lipinski definition) is 4. The number of amides is 1. The molecule has 1 unspecified atom stereocenters. The lowest BCUT2D eigenvalue weighted by atomic mass is 10.1. The van der Waals surface area contributed by atoms with Gasteiger partial charge in [-0.15, -0.1) is 0 Å². The Balaban J connectivity index is 2.08. The van der Waals surface area contributed by atoms with Gasteiger partial charge in [0.15, 0.2) is 0 Å². The Morgan fingerprint density at radius 1 is 1.58 bits per heavy atom. The number of rotatable bonds is 4. The monoisotopic (exact) mass is 263 g/mol. The van der Waals surface area contributed by atoms with Crippen LogP contribution in [0.25, 0.3) is 0 Å². The van der Waals surface area contributed by atoms with Crippen molar-refractivity contribution in [1.82, 2.24) is 4.90 Å². The van der Waals surface area contributed by atoms with Crippen LogP contribution in [0.15, 0.2) is 18.2 Å². The molecule has 0 aromatic heterocycles. The highest BCUT2D eigenvalue weighted by Crippen LogP contribution is 2.23. The third kappa shape index (κ3) is 3.05. The van der Waals surface area contributed by atoms with E-state index < -0.39 is 0 Å². The lowest BCUT2D eigenvalue weighted by molar-refractivity contribution is 0.0784. The largest absolute Gasteiger partial charge is 0.396 e. The first-order valence-corrected chi connectivity index (χ1v) is 6.63. The number of benzene rings is 1. The molecule has 2 rings (SSSR count). The number of likely N-dealkylation sites (tertiary alicyclic amines) is 1. The average molecular weight is 263 g/mol. The van der Waals surface area contributed by atoms with E-state index in [-0.39, 0.29) is 12.5 Å². The minimum Gasteiger partial charge on any atom is -0.396 e. The lowest BCUT2D eigenvalue weighted by Crippen LogP contribution is -2.29. The van der Waals surface area contributed by atoms with Crippen molar-refractivity contribution in [3.05, 3.63) is 29.3 Å². The van der Waals surface area contributed by atoms with Crippen LogP contribution in [0, 0.1) is 12.8 Å². The first-order chi connectivity index (χ1) is 9.15. The van der Waals surface area contributed by atoms with Crippen LogP contribution in [0.5, 0.6) is 0 Å². The van der Waals surface area contributed by atoms with Crippen LogP contribution in [-0.2, 0) is 0 Å². The van der Waals surface area contributed by atoms with Crippen molar-refractivity contribution in [2.24, 2.45) is 11.8 Å². The number of hydrogen-bond donors (Lipinski definition) is 3. The third-order valence-corrected chi connectivity index (χ3v) is 3.73. The van der Waals surface area contributed by atoms with Crippen LogP contribution in [0.4, 0.5) is 5.69 Å². The summed E-state index contributed by atoms with van der Waals surface area (Å²) >= 11 is 0. The molecule has 5 nitrogen and oxygen atoms in total. The summed E-state index contributed by atoms with van der Waals surface area (Å²) in [7, 11) is 0. The van der Waals surface area contributed by atoms with Gasteiger partial charge in [-0.25, -0.2) is 0 Å². The maximum Gasteiger partial charge on any atom is 0.254 e. The van der Waals surface area contributed by atoms with Gasteiger partial charge in [-0.2, -0.15) is 0 Å². The second-order valence-electron chi connectivity index (χ2n) is 5.09. The van der Waals surface area contributed by atoms with Crippen LogP contribution >= 0.6 is 0 Å². The van der Waals surface area contributed by atoms with E-state index >= 15 is 0 Å². The van der Waals surface area contributed by atoms with Gasteiger partial charge in [-0.1, -0.05) is 0 Å². The maximum absolute atomic E-state index is 12.4. The van der Waals surface area contributed by atoms with E-state index in [9.17, 15) is 4.79 Å². The molecule has 0 aliphatic carbocycles. The highest BCUT2D eigenvalue weighted by Gasteiger charge is 2.27. The van der Waals surface area contributed by atoms with Crippen LogP contribution in [0.3, 0.4) is 0 Å². The Bertz CT molecular complexity index is 462. The van der Waals surface area contributed by atoms with Crippen LogP contribution in [-0.4, -0.2) is 35.6 Å². The van der Waals surface area contributed by atoms with E-state index in [1.807, 2.05) is 30.0 Å². The van der Waals surface area contributed by atoms with E-state index in [1.165, 1.54) is 0 Å². The molecule has 1 atom stereocenters. The second kappa shape index (κ2) is 6.04. The van der Waals surface area contributed by atoms with Crippen molar-refractivity contribution in [2.75, 3.05) is 25.1 Å². The quantitative estimate of drug-likeness (QED) is 0.562. The van der Waals surface area contributed by atoms with Crippen molar-refractivity contribution < 1.29 is 9.90 Å². The maximum atomic E-state index is 12.4. The van der Waals surface area contributed by atoms with Gasteiger partial charge in [0.2, 0.25) is 0 Å². The molecule has 0 spiro atoms. The molecular formula is C14H21N3O2. The standard InChI is InChI=1S/C14H21N3O2/c1-10-8-12(16-15)2-3-13(10)14(19)17-6-4-11(9-17)5-7-18/h2-3,8,11,16,18H,4-7,9,15H2,1H3. The molecule has 1 aliphatic rings. The topological polar surface area (TPSA) is 78.6 Å². The van der Waals surface area contributed by atoms with E-state index in [1.54, 1.807) is 0 Å². The summed E-state index contributed by atoms with van der Waals surface area (Å²) in [5.74, 6) is 5.85. The summed E-state index contributed by atoms with van der Waals surface area (Å²) in [5.41, 5.74) is 5.02. The van der Waals surface area contributed by atoms with E-state index in [2.05, 4.69) is 5.43 Å². The molecule has 1 aromatic carbocycles. The highest BCUT2D eigenvalue weighted by molar-refractivity contribution is 5.96. The van der Waals surface area contributed by atoms with Gasteiger partial charge in [0.25, 0.3) is 5.91 Å². The fourth-order valence-electron chi connectivity index (χ4n) is 2.60. The Labute approximate surface area is 113 Å². The summed E-state index contributed by atoms with van der Waals surface area (Å²) in [4.78, 5) is 14.3. The summed E-state index contributed by atoms with van der Waals surface area (Å²) in [6.07, 6.45) is 1.76. The zero-order chi connectivity index (χ0) is 13.8.